The third-order valence-corrected chi connectivity index (χ3v) is 4.66. The van der Waals surface area contributed by atoms with E-state index in [-0.39, 0.29) is 11.7 Å². The fraction of sp³-hybridized carbons (Fsp3) is 0.100. The van der Waals surface area contributed by atoms with E-state index in [0.29, 0.717) is 10.2 Å². The highest BCUT2D eigenvalue weighted by Gasteiger charge is 2.11. The number of aryl methyl sites for hydroxylation is 1. The lowest BCUT2D eigenvalue weighted by Gasteiger charge is -2.05. The number of hydrogen-bond donors (Lipinski definition) is 1. The third-order valence-electron chi connectivity index (χ3n) is 4.01. The van der Waals surface area contributed by atoms with Crippen molar-refractivity contribution in [3.05, 3.63) is 81.6 Å². The number of aromatic nitrogens is 2. The molecule has 1 aromatic heterocycles. The summed E-state index contributed by atoms with van der Waals surface area (Å²) < 4.78 is 28.4. The number of nitrogens with zero attached hydrogens (tertiary/aromatic N) is 2. The summed E-state index contributed by atoms with van der Waals surface area (Å²) in [5.74, 6) is -1.06. The summed E-state index contributed by atoms with van der Waals surface area (Å²) in [6.45, 7) is 3.71. The zero-order chi connectivity index (χ0) is 19.6. The van der Waals surface area contributed by atoms with Crippen LogP contribution in [-0.2, 0) is 4.79 Å². The average molecular weight is 432 g/mol. The number of benzene rings is 2. The van der Waals surface area contributed by atoms with E-state index in [4.69, 9.17) is 0 Å². The molecule has 0 spiro atoms. The summed E-state index contributed by atoms with van der Waals surface area (Å²) in [7, 11) is 0. The van der Waals surface area contributed by atoms with Gasteiger partial charge in [0.2, 0.25) is 5.91 Å². The number of nitrogens with one attached hydrogen (secondary N) is 1. The van der Waals surface area contributed by atoms with Gasteiger partial charge in [0.1, 0.15) is 11.6 Å². The number of hydrogen-bond acceptors (Lipinski definition) is 2. The normalized spacial score (nSPS) is 11.1. The lowest BCUT2D eigenvalue weighted by Crippen LogP contribution is -2.08. The molecule has 0 aliphatic rings. The Morgan fingerprint density at radius 3 is 2.44 bits per heavy atom. The molecule has 0 aliphatic carbocycles. The van der Waals surface area contributed by atoms with Gasteiger partial charge >= 0.3 is 0 Å². The standard InChI is InChI=1S/C20H16BrF2N3O/c1-12-17(13(2)26(25-12)16-6-3-14(22)4-7-16)8-10-20(27)24-19-9-5-15(23)11-18(19)21/h3-11H,1-2H3,(H,24,27). The number of anilines is 1. The van der Waals surface area contributed by atoms with Crippen LogP contribution in [0, 0.1) is 25.5 Å². The summed E-state index contributed by atoms with van der Waals surface area (Å²) >= 11 is 3.21. The van der Waals surface area contributed by atoms with Gasteiger partial charge in [-0.25, -0.2) is 13.5 Å². The molecule has 138 valence electrons. The molecule has 3 aromatic rings. The molecule has 4 nitrogen and oxygen atoms in total. The number of amides is 1. The Morgan fingerprint density at radius 1 is 1.11 bits per heavy atom. The topological polar surface area (TPSA) is 46.9 Å². The van der Waals surface area contributed by atoms with Gasteiger partial charge in [0.25, 0.3) is 0 Å². The molecule has 3 rings (SSSR count). The molecular weight excluding hydrogens is 416 g/mol. The third kappa shape index (κ3) is 4.31. The Morgan fingerprint density at radius 2 is 1.78 bits per heavy atom. The second-order valence-corrected chi connectivity index (χ2v) is 6.77. The molecule has 0 radical (unpaired) electrons. The van der Waals surface area contributed by atoms with Gasteiger partial charge in [-0.15, -0.1) is 0 Å². The van der Waals surface area contributed by atoms with Crippen molar-refractivity contribution in [3.63, 3.8) is 0 Å². The van der Waals surface area contributed by atoms with Gasteiger partial charge in [0.15, 0.2) is 0 Å². The molecule has 0 fully saturated rings. The van der Waals surface area contributed by atoms with E-state index in [2.05, 4.69) is 26.3 Å². The Kier molecular flexibility index (Phi) is 5.51. The smallest absolute Gasteiger partial charge is 0.248 e. The van der Waals surface area contributed by atoms with Gasteiger partial charge < -0.3 is 5.32 Å². The molecule has 0 bridgehead atoms. The van der Waals surface area contributed by atoms with Crippen molar-refractivity contribution in [1.82, 2.24) is 9.78 Å². The molecule has 0 unspecified atom stereocenters. The Balaban J connectivity index is 1.80. The van der Waals surface area contributed by atoms with Crippen molar-refractivity contribution >= 4 is 33.6 Å². The van der Waals surface area contributed by atoms with Gasteiger partial charge in [-0.05, 0) is 78.3 Å². The molecular formula is C20H16BrF2N3O. The first-order valence-corrected chi connectivity index (χ1v) is 8.90. The van der Waals surface area contributed by atoms with Crippen LogP contribution in [0.25, 0.3) is 11.8 Å². The van der Waals surface area contributed by atoms with E-state index in [0.717, 1.165) is 22.6 Å². The largest absolute Gasteiger partial charge is 0.321 e. The van der Waals surface area contributed by atoms with E-state index >= 15 is 0 Å². The maximum absolute atomic E-state index is 13.1. The fourth-order valence-electron chi connectivity index (χ4n) is 2.65. The van der Waals surface area contributed by atoms with Gasteiger partial charge in [-0.3, -0.25) is 4.79 Å². The minimum atomic E-state index is -0.394. The quantitative estimate of drug-likeness (QED) is 0.578. The number of carbonyl (C=O) groups is 1. The number of halogens is 3. The highest BCUT2D eigenvalue weighted by Crippen LogP contribution is 2.23. The molecule has 1 N–H and O–H groups in total. The Labute approximate surface area is 163 Å². The number of rotatable bonds is 4. The fourth-order valence-corrected chi connectivity index (χ4v) is 3.10. The first-order valence-electron chi connectivity index (χ1n) is 8.11. The highest BCUT2D eigenvalue weighted by molar-refractivity contribution is 9.10. The van der Waals surface area contributed by atoms with Crippen LogP contribution in [0.1, 0.15) is 17.0 Å². The van der Waals surface area contributed by atoms with Crippen LogP contribution in [0.5, 0.6) is 0 Å². The zero-order valence-electron chi connectivity index (χ0n) is 14.6. The van der Waals surface area contributed by atoms with E-state index in [1.165, 1.54) is 36.4 Å². The van der Waals surface area contributed by atoms with Crippen molar-refractivity contribution < 1.29 is 13.6 Å². The van der Waals surface area contributed by atoms with Crippen molar-refractivity contribution in [2.45, 2.75) is 13.8 Å². The van der Waals surface area contributed by atoms with Crippen LogP contribution in [0.2, 0.25) is 0 Å². The van der Waals surface area contributed by atoms with Crippen LogP contribution in [0.4, 0.5) is 14.5 Å². The average Bonchev–Trinajstić information content (AvgIpc) is 2.90. The summed E-state index contributed by atoms with van der Waals surface area (Å²) in [5.41, 5.74) is 3.57. The van der Waals surface area contributed by atoms with Crippen LogP contribution < -0.4 is 5.32 Å². The van der Waals surface area contributed by atoms with E-state index in [1.54, 1.807) is 22.9 Å². The molecule has 2 aromatic carbocycles. The van der Waals surface area contributed by atoms with Crippen LogP contribution in [-0.4, -0.2) is 15.7 Å². The van der Waals surface area contributed by atoms with Gasteiger partial charge in [-0.2, -0.15) is 5.10 Å². The van der Waals surface area contributed by atoms with E-state index in [9.17, 15) is 13.6 Å². The van der Waals surface area contributed by atoms with Gasteiger partial charge in [-0.1, -0.05) is 0 Å². The summed E-state index contributed by atoms with van der Waals surface area (Å²) in [4.78, 5) is 12.2. The predicted octanol–water partition coefficient (Wildman–Crippen LogP) is 5.18. The molecule has 0 saturated heterocycles. The van der Waals surface area contributed by atoms with E-state index in [1.807, 2.05) is 13.8 Å². The molecule has 1 heterocycles. The lowest BCUT2D eigenvalue weighted by molar-refractivity contribution is -0.111. The first kappa shape index (κ1) is 19.0. The van der Waals surface area contributed by atoms with Gasteiger partial charge in [0.05, 0.1) is 17.1 Å². The number of carbonyl (C=O) groups excluding carboxylic acids is 1. The molecule has 0 atom stereocenters. The van der Waals surface area contributed by atoms with Crippen LogP contribution in [0.3, 0.4) is 0 Å². The monoisotopic (exact) mass is 431 g/mol. The highest BCUT2D eigenvalue weighted by atomic mass is 79.9. The summed E-state index contributed by atoms with van der Waals surface area (Å²) in [5, 5.41) is 7.14. The second kappa shape index (κ2) is 7.84. The zero-order valence-corrected chi connectivity index (χ0v) is 16.2. The predicted molar refractivity (Wildman–Crippen MR) is 105 cm³/mol. The molecule has 0 saturated carbocycles. The molecule has 27 heavy (non-hydrogen) atoms. The first-order chi connectivity index (χ1) is 12.8. The molecule has 1 amide bonds. The summed E-state index contributed by atoms with van der Waals surface area (Å²) in [6, 6.07) is 10.0. The van der Waals surface area contributed by atoms with Crippen LogP contribution in [0.15, 0.2) is 53.0 Å². The molecule has 7 heteroatoms. The molecule has 0 aliphatic heterocycles. The Bertz CT molecular complexity index is 1030. The summed E-state index contributed by atoms with van der Waals surface area (Å²) in [6.07, 6.45) is 3.06. The van der Waals surface area contributed by atoms with E-state index < -0.39 is 5.82 Å². The maximum atomic E-state index is 13.1. The second-order valence-electron chi connectivity index (χ2n) is 5.92. The lowest BCUT2D eigenvalue weighted by atomic mass is 10.2. The van der Waals surface area contributed by atoms with Crippen molar-refractivity contribution in [2.75, 3.05) is 5.32 Å². The van der Waals surface area contributed by atoms with Crippen LogP contribution >= 0.6 is 15.9 Å². The van der Waals surface area contributed by atoms with Crippen molar-refractivity contribution in [2.24, 2.45) is 0 Å². The van der Waals surface area contributed by atoms with Gasteiger partial charge in [0, 0.05) is 21.8 Å². The maximum Gasteiger partial charge on any atom is 0.248 e. The minimum Gasteiger partial charge on any atom is -0.321 e. The SMILES string of the molecule is Cc1nn(-c2ccc(F)cc2)c(C)c1C=CC(=O)Nc1ccc(F)cc1Br. The Hall–Kier alpha value is -2.80. The van der Waals surface area contributed by atoms with Crippen molar-refractivity contribution in [3.8, 4) is 5.69 Å². The van der Waals surface area contributed by atoms with Crippen molar-refractivity contribution in [1.29, 1.82) is 0 Å². The minimum absolute atomic E-state index is 0.316.